The van der Waals surface area contributed by atoms with Crippen LogP contribution in [-0.4, -0.2) is 40.3 Å². The standard InChI is InChI=1S/C25H25N5O2/c1-17-7-8-19(20-9-10-30-21(13-20)15-24(26)28-30)14-22(17)27-25(31)29-11-12-32-16-23(29)18-5-3-2-4-6-18/h2-10,13-15,23H,11-12,16H2,1H3,(H2,26,28)(H,27,31)/t23-/m0/s1. The number of hydrogen-bond acceptors (Lipinski definition) is 4. The molecule has 1 fully saturated rings. The summed E-state index contributed by atoms with van der Waals surface area (Å²) in [6.45, 7) is 3.56. The Labute approximate surface area is 186 Å². The Kier molecular flexibility index (Phi) is 5.25. The van der Waals surface area contributed by atoms with Crippen molar-refractivity contribution in [1.29, 1.82) is 0 Å². The maximum atomic E-state index is 13.3. The number of fused-ring (bicyclic) bond motifs is 1. The number of morpholine rings is 1. The number of anilines is 2. The Bertz CT molecular complexity index is 1270. The summed E-state index contributed by atoms with van der Waals surface area (Å²) >= 11 is 0. The van der Waals surface area contributed by atoms with Crippen molar-refractivity contribution in [3.05, 3.63) is 84.1 Å². The molecule has 5 rings (SSSR count). The monoisotopic (exact) mass is 427 g/mol. The van der Waals surface area contributed by atoms with E-state index in [1.165, 1.54) is 0 Å². The lowest BCUT2D eigenvalue weighted by atomic mass is 10.0. The number of aromatic nitrogens is 2. The van der Waals surface area contributed by atoms with Crippen LogP contribution in [0.3, 0.4) is 0 Å². The van der Waals surface area contributed by atoms with Gasteiger partial charge >= 0.3 is 6.03 Å². The van der Waals surface area contributed by atoms with Gasteiger partial charge in [-0.15, -0.1) is 0 Å². The number of nitrogens with zero attached hydrogens (tertiary/aromatic N) is 3. The molecule has 0 aliphatic carbocycles. The molecule has 2 aromatic carbocycles. The van der Waals surface area contributed by atoms with E-state index in [4.69, 9.17) is 10.5 Å². The highest BCUT2D eigenvalue weighted by atomic mass is 16.5. The molecule has 3 heterocycles. The first-order chi connectivity index (χ1) is 15.6. The van der Waals surface area contributed by atoms with E-state index >= 15 is 0 Å². The minimum absolute atomic E-state index is 0.108. The van der Waals surface area contributed by atoms with Gasteiger partial charge in [-0.1, -0.05) is 42.5 Å². The third-order valence-corrected chi connectivity index (χ3v) is 5.87. The molecule has 0 unspecified atom stereocenters. The van der Waals surface area contributed by atoms with E-state index in [1.54, 1.807) is 4.52 Å². The van der Waals surface area contributed by atoms with Gasteiger partial charge in [-0.3, -0.25) is 0 Å². The van der Waals surface area contributed by atoms with Crippen molar-refractivity contribution in [3.63, 3.8) is 0 Å². The summed E-state index contributed by atoms with van der Waals surface area (Å²) in [5.41, 5.74) is 11.6. The van der Waals surface area contributed by atoms with Crippen LogP contribution in [0.1, 0.15) is 17.2 Å². The molecule has 1 saturated heterocycles. The number of carbonyl (C=O) groups is 1. The van der Waals surface area contributed by atoms with Gasteiger partial charge in [0.05, 0.1) is 24.8 Å². The zero-order valence-corrected chi connectivity index (χ0v) is 17.9. The molecule has 1 atom stereocenters. The molecule has 0 radical (unpaired) electrons. The first-order valence-electron chi connectivity index (χ1n) is 10.6. The summed E-state index contributed by atoms with van der Waals surface area (Å²) in [6.07, 6.45) is 1.89. The first kappa shape index (κ1) is 20.1. The van der Waals surface area contributed by atoms with Gasteiger partial charge in [0.25, 0.3) is 0 Å². The lowest BCUT2D eigenvalue weighted by Crippen LogP contribution is -2.45. The second-order valence-electron chi connectivity index (χ2n) is 8.01. The van der Waals surface area contributed by atoms with Crippen LogP contribution in [-0.2, 0) is 4.74 Å². The van der Waals surface area contributed by atoms with Gasteiger partial charge < -0.3 is 20.7 Å². The second-order valence-corrected chi connectivity index (χ2v) is 8.01. The molecule has 162 valence electrons. The lowest BCUT2D eigenvalue weighted by Gasteiger charge is -2.36. The number of carbonyl (C=O) groups excluding carboxylic acids is 1. The van der Waals surface area contributed by atoms with Crippen molar-refractivity contribution in [3.8, 4) is 11.1 Å². The second kappa shape index (κ2) is 8.36. The van der Waals surface area contributed by atoms with Crippen LogP contribution < -0.4 is 11.1 Å². The molecule has 7 nitrogen and oxygen atoms in total. The molecule has 2 amide bonds. The Morgan fingerprint density at radius 1 is 1.09 bits per heavy atom. The third-order valence-electron chi connectivity index (χ3n) is 5.87. The van der Waals surface area contributed by atoms with E-state index < -0.39 is 0 Å². The minimum Gasteiger partial charge on any atom is -0.382 e. The summed E-state index contributed by atoms with van der Waals surface area (Å²) in [5, 5.41) is 7.35. The fourth-order valence-electron chi connectivity index (χ4n) is 4.12. The van der Waals surface area contributed by atoms with Gasteiger partial charge in [0, 0.05) is 24.5 Å². The zero-order valence-electron chi connectivity index (χ0n) is 17.9. The Morgan fingerprint density at radius 2 is 1.91 bits per heavy atom. The van der Waals surface area contributed by atoms with Gasteiger partial charge in [-0.25, -0.2) is 9.31 Å². The predicted molar refractivity (Wildman–Crippen MR) is 126 cm³/mol. The van der Waals surface area contributed by atoms with Crippen LogP contribution in [0.2, 0.25) is 0 Å². The van der Waals surface area contributed by atoms with Crippen molar-refractivity contribution < 1.29 is 9.53 Å². The highest BCUT2D eigenvalue weighted by molar-refractivity contribution is 5.91. The summed E-state index contributed by atoms with van der Waals surface area (Å²) < 4.78 is 7.41. The van der Waals surface area contributed by atoms with Crippen molar-refractivity contribution in [2.75, 3.05) is 30.8 Å². The topological polar surface area (TPSA) is 84.9 Å². The minimum atomic E-state index is -0.124. The number of nitrogens with two attached hydrogens (primary N) is 1. The summed E-state index contributed by atoms with van der Waals surface area (Å²) in [4.78, 5) is 15.1. The number of rotatable bonds is 3. The van der Waals surface area contributed by atoms with Crippen molar-refractivity contribution in [2.45, 2.75) is 13.0 Å². The molecule has 7 heteroatoms. The van der Waals surface area contributed by atoms with Crippen molar-refractivity contribution in [2.24, 2.45) is 0 Å². The number of benzene rings is 2. The highest BCUT2D eigenvalue weighted by Gasteiger charge is 2.28. The number of nitrogen functional groups attached to an aromatic ring is 1. The Morgan fingerprint density at radius 3 is 2.75 bits per heavy atom. The number of pyridine rings is 1. The third kappa shape index (κ3) is 3.90. The molecule has 2 aromatic heterocycles. The first-order valence-corrected chi connectivity index (χ1v) is 10.6. The number of ether oxygens (including phenoxy) is 1. The summed E-state index contributed by atoms with van der Waals surface area (Å²) in [7, 11) is 0. The number of urea groups is 1. The normalized spacial score (nSPS) is 16.3. The van der Waals surface area contributed by atoms with E-state index in [-0.39, 0.29) is 12.1 Å². The van der Waals surface area contributed by atoms with E-state index in [9.17, 15) is 4.79 Å². The molecule has 4 aromatic rings. The average Bonchev–Trinajstić information content (AvgIpc) is 3.20. The molecule has 1 aliphatic rings. The van der Waals surface area contributed by atoms with Crippen LogP contribution in [0.5, 0.6) is 0 Å². The molecule has 1 aliphatic heterocycles. The molecule has 0 saturated carbocycles. The van der Waals surface area contributed by atoms with Crippen LogP contribution in [0.25, 0.3) is 16.6 Å². The Hall–Kier alpha value is -3.84. The lowest BCUT2D eigenvalue weighted by molar-refractivity contribution is 0.0148. The van der Waals surface area contributed by atoms with Gasteiger partial charge in [0.15, 0.2) is 0 Å². The number of nitrogens with one attached hydrogen (secondary N) is 1. The fraction of sp³-hybridized carbons (Fsp3) is 0.200. The SMILES string of the molecule is Cc1ccc(-c2ccn3nc(N)cc3c2)cc1NC(=O)N1CCOC[C@H]1c1ccccc1. The molecule has 0 spiro atoms. The maximum Gasteiger partial charge on any atom is 0.322 e. The van der Waals surface area contributed by atoms with Crippen molar-refractivity contribution in [1.82, 2.24) is 14.5 Å². The average molecular weight is 428 g/mol. The smallest absolute Gasteiger partial charge is 0.322 e. The van der Waals surface area contributed by atoms with Crippen LogP contribution in [0.4, 0.5) is 16.3 Å². The molecule has 32 heavy (non-hydrogen) atoms. The largest absolute Gasteiger partial charge is 0.382 e. The molecule has 0 bridgehead atoms. The fourth-order valence-corrected chi connectivity index (χ4v) is 4.12. The quantitative estimate of drug-likeness (QED) is 0.504. The summed E-state index contributed by atoms with van der Waals surface area (Å²) in [5.74, 6) is 0.484. The van der Waals surface area contributed by atoms with E-state index in [0.717, 1.165) is 33.5 Å². The van der Waals surface area contributed by atoms with Crippen molar-refractivity contribution >= 4 is 23.1 Å². The van der Waals surface area contributed by atoms with Gasteiger partial charge in [0.1, 0.15) is 5.82 Å². The van der Waals surface area contributed by atoms with E-state index in [1.807, 2.05) is 78.7 Å². The van der Waals surface area contributed by atoms with Gasteiger partial charge in [-0.05, 0) is 47.4 Å². The highest BCUT2D eigenvalue weighted by Crippen LogP contribution is 2.29. The maximum absolute atomic E-state index is 13.3. The number of aryl methyl sites for hydroxylation is 1. The molecular formula is C25H25N5O2. The molecular weight excluding hydrogens is 402 g/mol. The number of amides is 2. The van der Waals surface area contributed by atoms with Crippen LogP contribution >= 0.6 is 0 Å². The van der Waals surface area contributed by atoms with E-state index in [0.29, 0.717) is 25.6 Å². The van der Waals surface area contributed by atoms with E-state index in [2.05, 4.69) is 16.5 Å². The van der Waals surface area contributed by atoms with Gasteiger partial charge in [-0.2, -0.15) is 5.10 Å². The number of hydrogen-bond donors (Lipinski definition) is 2. The van der Waals surface area contributed by atoms with Gasteiger partial charge in [0.2, 0.25) is 0 Å². The molecule has 3 N–H and O–H groups in total. The Balaban J connectivity index is 1.41. The van der Waals surface area contributed by atoms with Crippen LogP contribution in [0.15, 0.2) is 72.9 Å². The zero-order chi connectivity index (χ0) is 22.1. The van der Waals surface area contributed by atoms with Crippen LogP contribution in [0, 0.1) is 6.92 Å². The predicted octanol–water partition coefficient (Wildman–Crippen LogP) is 4.50. The summed E-state index contributed by atoms with van der Waals surface area (Å²) in [6, 6.07) is 21.7.